The van der Waals surface area contributed by atoms with Gasteiger partial charge in [-0.1, -0.05) is 60.7 Å². The number of esters is 1. The van der Waals surface area contributed by atoms with Gasteiger partial charge in [-0.3, -0.25) is 29.2 Å². The lowest BCUT2D eigenvalue weighted by atomic mass is 9.91. The molecule has 16 nitrogen and oxygen atoms in total. The molecule has 10 atom stereocenters. The average molecular weight is 876 g/mol. The Bertz CT molecular complexity index is 1920. The smallest absolute Gasteiger partial charge is 0.306 e. The summed E-state index contributed by atoms with van der Waals surface area (Å²) in [4.78, 5) is 49.9. The van der Waals surface area contributed by atoms with Crippen LogP contribution in [0, 0.1) is 5.92 Å². The van der Waals surface area contributed by atoms with Crippen LogP contribution in [0.2, 0.25) is 0 Å². The van der Waals surface area contributed by atoms with E-state index in [0.717, 1.165) is 22.3 Å². The Morgan fingerprint density at radius 3 is 2.41 bits per heavy atom. The fraction of sp³-hybridized carbons (Fsp3) is 0.574. The maximum atomic E-state index is 14.5. The average Bonchev–Trinajstić information content (AvgIpc) is 3.59. The molecule has 0 unspecified atom stereocenters. The first-order chi connectivity index (χ1) is 30.2. The van der Waals surface area contributed by atoms with Gasteiger partial charge in [0.25, 0.3) is 0 Å². The molecule has 2 fully saturated rings. The summed E-state index contributed by atoms with van der Waals surface area (Å²) in [5.74, 6) is -1.51. The van der Waals surface area contributed by atoms with Gasteiger partial charge in [-0.2, -0.15) is 0 Å². The van der Waals surface area contributed by atoms with Gasteiger partial charge in [0.05, 0.1) is 18.8 Å². The van der Waals surface area contributed by atoms with Gasteiger partial charge in [-0.15, -0.1) is 0 Å². The molecule has 3 aliphatic rings. The summed E-state index contributed by atoms with van der Waals surface area (Å²) in [6.45, 7) is 7.88. The van der Waals surface area contributed by atoms with E-state index in [9.17, 15) is 39.9 Å². The summed E-state index contributed by atoms with van der Waals surface area (Å²) in [6.07, 6.45) is -3.20. The predicted octanol–water partition coefficient (Wildman–Crippen LogP) is 1.40. The normalized spacial score (nSPS) is 26.3. The highest BCUT2D eigenvalue weighted by atomic mass is 16.7. The molecule has 3 heterocycles. The topological polar surface area (TPSA) is 223 Å². The van der Waals surface area contributed by atoms with Crippen molar-refractivity contribution in [1.82, 2.24) is 25.4 Å². The van der Waals surface area contributed by atoms with Crippen molar-refractivity contribution in [3.05, 3.63) is 101 Å². The third kappa shape index (κ3) is 13.6. The number of aliphatic hydroxyl groups excluding tert-OH is 5. The zero-order valence-corrected chi connectivity index (χ0v) is 36.5. The first-order valence-electron chi connectivity index (χ1n) is 22.1. The highest BCUT2D eigenvalue weighted by Crippen LogP contribution is 2.34. The van der Waals surface area contributed by atoms with Crippen LogP contribution in [0.25, 0.3) is 0 Å². The van der Waals surface area contributed by atoms with Crippen molar-refractivity contribution < 1.29 is 54.1 Å². The van der Waals surface area contributed by atoms with E-state index in [-0.39, 0.29) is 37.8 Å². The van der Waals surface area contributed by atoms with E-state index >= 15 is 0 Å². The quantitative estimate of drug-likeness (QED) is 0.0669. The van der Waals surface area contributed by atoms with Crippen molar-refractivity contribution in [2.45, 2.75) is 126 Å². The summed E-state index contributed by atoms with van der Waals surface area (Å²) in [6, 6.07) is 20.0. The zero-order valence-electron chi connectivity index (χ0n) is 36.5. The van der Waals surface area contributed by atoms with Gasteiger partial charge in [0.15, 0.2) is 6.29 Å². The van der Waals surface area contributed by atoms with E-state index in [1.54, 1.807) is 6.20 Å². The minimum absolute atomic E-state index is 0.0564. The summed E-state index contributed by atoms with van der Waals surface area (Å²) < 4.78 is 17.0. The number of aromatic nitrogens is 1. The van der Waals surface area contributed by atoms with E-state index in [0.29, 0.717) is 51.9 Å². The molecule has 0 radical (unpaired) electrons. The van der Waals surface area contributed by atoms with Gasteiger partial charge in [0, 0.05) is 76.0 Å². The highest BCUT2D eigenvalue weighted by molar-refractivity contribution is 5.83. The fourth-order valence-corrected chi connectivity index (χ4v) is 8.66. The lowest BCUT2D eigenvalue weighted by Crippen LogP contribution is -2.61. The first kappa shape index (κ1) is 48.1. The maximum absolute atomic E-state index is 14.5. The van der Waals surface area contributed by atoms with Crippen molar-refractivity contribution >= 4 is 17.8 Å². The van der Waals surface area contributed by atoms with Gasteiger partial charge in [0.2, 0.25) is 11.8 Å². The molecule has 2 aliphatic heterocycles. The third-order valence-corrected chi connectivity index (χ3v) is 11.9. The summed E-state index contributed by atoms with van der Waals surface area (Å²) in [7, 11) is 0. The Kier molecular flexibility index (Phi) is 17.2. The zero-order chi connectivity index (χ0) is 45.1. The number of carbonyl (C=O) groups excluding carboxylic acids is 3. The number of nitrogens with one attached hydrogen (secondary N) is 2. The van der Waals surface area contributed by atoms with Crippen molar-refractivity contribution in [2.24, 2.45) is 5.92 Å². The number of rotatable bonds is 19. The lowest BCUT2D eigenvalue weighted by molar-refractivity contribution is -0.301. The molecule has 0 spiro atoms. The van der Waals surface area contributed by atoms with E-state index in [1.807, 2.05) is 98.6 Å². The van der Waals surface area contributed by atoms with Gasteiger partial charge in [-0.05, 0) is 74.8 Å². The third-order valence-electron chi connectivity index (χ3n) is 11.9. The number of fused-ring (bicyclic) bond motifs is 1. The number of aliphatic hydroxyl groups is 5. The van der Waals surface area contributed by atoms with Crippen LogP contribution in [0.5, 0.6) is 0 Å². The van der Waals surface area contributed by atoms with Crippen molar-refractivity contribution in [3.63, 3.8) is 0 Å². The lowest BCUT2D eigenvalue weighted by Gasteiger charge is -2.42. The second kappa shape index (κ2) is 22.5. The van der Waals surface area contributed by atoms with Crippen LogP contribution in [0.4, 0.5) is 0 Å². The molecule has 6 rings (SSSR count). The molecular weight excluding hydrogens is 811 g/mol. The number of piperazine rings is 1. The van der Waals surface area contributed by atoms with E-state index < -0.39 is 79.0 Å². The van der Waals surface area contributed by atoms with Crippen LogP contribution in [-0.4, -0.2) is 152 Å². The molecule has 1 aliphatic carbocycles. The largest absolute Gasteiger partial charge is 0.459 e. The number of unbranched alkanes of at least 4 members (excludes halogenated alkanes) is 1. The standard InChI is InChI=1S/C47H65N5O11/c1-47(2,3)50-45(60)36-28-51(26-31-14-11-18-48-25-31)19-20-52(36)27-34(54)23-33(22-30-12-5-4-6-13-30)44(59)49-40-35-16-8-7-15-32(35)24-37(40)62-39(55)17-9-10-21-61-46-43(58)42(57)41(56)38(29-53)63-46/h4-8,11-16,18,25,33-34,36-38,40-43,46,53-54,56-58H,9-10,17,19-24,26-29H2,1-3H3,(H,49,59)(H,50,60)/t33-,34+,36+,37-,38-,40+,41-,42+,43+,46+/m1/s1. The molecule has 0 bridgehead atoms. The second-order valence-electron chi connectivity index (χ2n) is 18.1. The van der Waals surface area contributed by atoms with Gasteiger partial charge < -0.3 is 50.4 Å². The Morgan fingerprint density at radius 2 is 1.68 bits per heavy atom. The Labute approximate surface area is 369 Å². The Balaban J connectivity index is 1.08. The summed E-state index contributed by atoms with van der Waals surface area (Å²) in [5.41, 5.74) is 3.34. The second-order valence-corrected chi connectivity index (χ2v) is 18.1. The van der Waals surface area contributed by atoms with Crippen LogP contribution in [0.1, 0.15) is 74.8 Å². The SMILES string of the molecule is CC(C)(C)NC(=O)[C@@H]1CN(Cc2cccnc2)CCN1C[C@@H](O)C[C@@H](Cc1ccccc1)C(=O)N[C@H]1c2ccccc2C[C@H]1OC(=O)CCCCO[C@H]1O[C@H](CO)[C@@H](O)[C@H](O)[C@@H]1O. The monoisotopic (exact) mass is 875 g/mol. The highest BCUT2D eigenvalue weighted by Gasteiger charge is 2.44. The van der Waals surface area contributed by atoms with Crippen molar-refractivity contribution in [3.8, 4) is 0 Å². The number of carbonyl (C=O) groups is 3. The van der Waals surface area contributed by atoms with Crippen LogP contribution in [-0.2, 0) is 48.0 Å². The molecule has 2 amide bonds. The van der Waals surface area contributed by atoms with E-state index in [2.05, 4.69) is 20.5 Å². The van der Waals surface area contributed by atoms with Gasteiger partial charge in [-0.25, -0.2) is 0 Å². The predicted molar refractivity (Wildman–Crippen MR) is 232 cm³/mol. The number of ether oxygens (including phenoxy) is 3. The summed E-state index contributed by atoms with van der Waals surface area (Å²) in [5, 5.41) is 57.8. The van der Waals surface area contributed by atoms with Gasteiger partial charge >= 0.3 is 5.97 Å². The molecule has 1 aromatic heterocycles. The number of benzene rings is 2. The molecular formula is C47H65N5O11. The molecule has 63 heavy (non-hydrogen) atoms. The minimum atomic E-state index is -1.55. The molecule has 344 valence electrons. The number of hydrogen-bond acceptors (Lipinski definition) is 14. The number of amides is 2. The number of pyridine rings is 1. The molecule has 7 N–H and O–H groups in total. The first-order valence-corrected chi connectivity index (χ1v) is 22.1. The number of β-amino-alcohol motifs (C(OH)–C–C–N with tert-alkyl or cyclic N) is 1. The number of hydrogen-bond donors (Lipinski definition) is 7. The van der Waals surface area contributed by atoms with Crippen LogP contribution in [0.15, 0.2) is 79.1 Å². The Hall–Kier alpha value is -4.36. The van der Waals surface area contributed by atoms with Crippen LogP contribution >= 0.6 is 0 Å². The molecule has 2 saturated heterocycles. The van der Waals surface area contributed by atoms with Crippen molar-refractivity contribution in [1.29, 1.82) is 0 Å². The van der Waals surface area contributed by atoms with E-state index in [4.69, 9.17) is 14.2 Å². The minimum Gasteiger partial charge on any atom is -0.459 e. The molecule has 2 aromatic carbocycles. The van der Waals surface area contributed by atoms with Crippen LogP contribution < -0.4 is 10.6 Å². The van der Waals surface area contributed by atoms with E-state index in [1.165, 1.54) is 0 Å². The van der Waals surface area contributed by atoms with Crippen LogP contribution in [0.3, 0.4) is 0 Å². The maximum Gasteiger partial charge on any atom is 0.306 e. The van der Waals surface area contributed by atoms with Gasteiger partial charge in [0.1, 0.15) is 36.6 Å². The number of nitrogens with zero attached hydrogens (tertiary/aromatic N) is 3. The summed E-state index contributed by atoms with van der Waals surface area (Å²) >= 11 is 0. The molecule has 3 aromatic rings. The Morgan fingerprint density at radius 1 is 0.937 bits per heavy atom. The fourth-order valence-electron chi connectivity index (χ4n) is 8.66. The van der Waals surface area contributed by atoms with Crippen molar-refractivity contribution in [2.75, 3.05) is 39.4 Å². The molecule has 0 saturated carbocycles. The molecule has 16 heteroatoms.